The summed E-state index contributed by atoms with van der Waals surface area (Å²) in [5.41, 5.74) is 5.48. The Bertz CT molecular complexity index is 658. The van der Waals surface area contributed by atoms with Gasteiger partial charge in [-0.15, -0.1) is 0 Å². The molecule has 0 spiro atoms. The number of nitrogens with zero attached hydrogens (tertiary/aromatic N) is 1. The van der Waals surface area contributed by atoms with Crippen molar-refractivity contribution in [3.05, 3.63) is 23.8 Å². The van der Waals surface area contributed by atoms with Gasteiger partial charge in [0.05, 0.1) is 12.8 Å². The van der Waals surface area contributed by atoms with Crippen LogP contribution in [0.2, 0.25) is 0 Å². The molecular formula is C16H22N4O5. The summed E-state index contributed by atoms with van der Waals surface area (Å²) in [5.74, 6) is -1.93. The molecule has 1 saturated heterocycles. The van der Waals surface area contributed by atoms with Crippen LogP contribution in [0, 0.1) is 0 Å². The summed E-state index contributed by atoms with van der Waals surface area (Å²) < 4.78 is 0. The number of phenolic OH excluding ortho intramolecular Hbond substituents is 2. The van der Waals surface area contributed by atoms with Gasteiger partial charge in [-0.3, -0.25) is 14.4 Å². The van der Waals surface area contributed by atoms with E-state index >= 15 is 0 Å². The average molecular weight is 350 g/mol. The van der Waals surface area contributed by atoms with Gasteiger partial charge in [0.1, 0.15) is 17.5 Å². The molecule has 1 aliphatic heterocycles. The number of amides is 3. The molecule has 0 aliphatic carbocycles. The molecule has 0 radical (unpaired) electrons. The van der Waals surface area contributed by atoms with E-state index in [-0.39, 0.29) is 30.2 Å². The lowest BCUT2D eigenvalue weighted by molar-refractivity contribution is -0.138. The highest BCUT2D eigenvalue weighted by molar-refractivity contribution is 5.92. The van der Waals surface area contributed by atoms with Gasteiger partial charge in [0.15, 0.2) is 0 Å². The molecule has 1 atom stereocenters. The Balaban J connectivity index is 2.03. The Kier molecular flexibility index (Phi) is 6.18. The van der Waals surface area contributed by atoms with Crippen LogP contribution in [-0.4, -0.2) is 65.1 Å². The molecule has 1 aromatic rings. The smallest absolute Gasteiger partial charge is 0.245 e. The van der Waals surface area contributed by atoms with E-state index < -0.39 is 17.9 Å². The normalized spacial score (nSPS) is 15.4. The van der Waals surface area contributed by atoms with Crippen LogP contribution >= 0.6 is 0 Å². The second-order valence-electron chi connectivity index (χ2n) is 5.86. The second-order valence-corrected chi connectivity index (χ2v) is 5.86. The maximum absolute atomic E-state index is 12.5. The fraction of sp³-hybridized carbons (Fsp3) is 0.438. The first-order valence-electron chi connectivity index (χ1n) is 7.95. The molecule has 0 aromatic heterocycles. The van der Waals surface area contributed by atoms with Crippen LogP contribution in [-0.2, 0) is 20.8 Å². The predicted molar refractivity (Wildman–Crippen MR) is 88.7 cm³/mol. The van der Waals surface area contributed by atoms with Gasteiger partial charge in [0, 0.05) is 37.8 Å². The Morgan fingerprint density at radius 3 is 2.52 bits per heavy atom. The molecule has 1 heterocycles. The number of phenols is 2. The fourth-order valence-corrected chi connectivity index (χ4v) is 2.63. The van der Waals surface area contributed by atoms with Crippen LogP contribution in [0.4, 0.5) is 0 Å². The average Bonchev–Trinajstić information content (AvgIpc) is 2.56. The first kappa shape index (κ1) is 18.5. The second kappa shape index (κ2) is 8.34. The van der Waals surface area contributed by atoms with E-state index in [0.29, 0.717) is 31.7 Å². The topological polar surface area (TPSA) is 145 Å². The highest BCUT2D eigenvalue weighted by atomic mass is 16.3. The monoisotopic (exact) mass is 350 g/mol. The van der Waals surface area contributed by atoms with E-state index in [1.807, 2.05) is 0 Å². The van der Waals surface area contributed by atoms with Crippen molar-refractivity contribution in [3.63, 3.8) is 0 Å². The molecule has 6 N–H and O–H groups in total. The highest BCUT2D eigenvalue weighted by Gasteiger charge is 2.28. The molecule has 25 heavy (non-hydrogen) atoms. The zero-order valence-electron chi connectivity index (χ0n) is 13.7. The summed E-state index contributed by atoms with van der Waals surface area (Å²) in [6.45, 7) is 2.26. The number of nitrogens with two attached hydrogens (primary N) is 1. The molecular weight excluding hydrogens is 328 g/mol. The zero-order valence-corrected chi connectivity index (χ0v) is 13.7. The third kappa shape index (κ3) is 5.35. The van der Waals surface area contributed by atoms with Gasteiger partial charge < -0.3 is 31.5 Å². The van der Waals surface area contributed by atoms with Crippen LogP contribution in [0.5, 0.6) is 11.5 Å². The van der Waals surface area contributed by atoms with E-state index in [2.05, 4.69) is 10.6 Å². The Labute approximate surface area is 144 Å². The van der Waals surface area contributed by atoms with Gasteiger partial charge >= 0.3 is 0 Å². The van der Waals surface area contributed by atoms with Gasteiger partial charge in [0.2, 0.25) is 17.7 Å². The van der Waals surface area contributed by atoms with E-state index in [1.54, 1.807) is 4.90 Å². The maximum Gasteiger partial charge on any atom is 0.245 e. The molecule has 1 fully saturated rings. The molecule has 1 aliphatic rings. The van der Waals surface area contributed by atoms with Gasteiger partial charge in [-0.05, 0) is 6.07 Å². The number of hydrogen-bond acceptors (Lipinski definition) is 6. The number of piperazine rings is 1. The van der Waals surface area contributed by atoms with Crippen molar-refractivity contribution in [2.45, 2.75) is 18.9 Å². The summed E-state index contributed by atoms with van der Waals surface area (Å²) >= 11 is 0. The van der Waals surface area contributed by atoms with E-state index in [9.17, 15) is 24.6 Å². The van der Waals surface area contributed by atoms with E-state index in [4.69, 9.17) is 5.73 Å². The van der Waals surface area contributed by atoms with Crippen molar-refractivity contribution >= 4 is 17.7 Å². The molecule has 0 unspecified atom stereocenters. The first-order valence-corrected chi connectivity index (χ1v) is 7.95. The van der Waals surface area contributed by atoms with Crippen molar-refractivity contribution in [1.29, 1.82) is 0 Å². The quantitative estimate of drug-likeness (QED) is 0.419. The Morgan fingerprint density at radius 2 is 1.92 bits per heavy atom. The number of hydrogen-bond donors (Lipinski definition) is 5. The summed E-state index contributed by atoms with van der Waals surface area (Å²) in [6, 6.07) is 2.83. The third-order valence-corrected chi connectivity index (χ3v) is 3.89. The lowest BCUT2D eigenvalue weighted by Gasteiger charge is -2.30. The molecule has 3 amide bonds. The molecule has 9 nitrogen and oxygen atoms in total. The Morgan fingerprint density at radius 1 is 1.24 bits per heavy atom. The number of rotatable bonds is 6. The molecule has 1 aromatic carbocycles. The molecule has 0 saturated carbocycles. The maximum atomic E-state index is 12.5. The summed E-state index contributed by atoms with van der Waals surface area (Å²) in [4.78, 5) is 37.6. The van der Waals surface area contributed by atoms with Crippen LogP contribution in [0.15, 0.2) is 18.2 Å². The van der Waals surface area contributed by atoms with Gasteiger partial charge in [-0.2, -0.15) is 0 Å². The van der Waals surface area contributed by atoms with Crippen molar-refractivity contribution in [1.82, 2.24) is 15.5 Å². The largest absolute Gasteiger partial charge is 0.508 e. The Hall–Kier alpha value is -2.81. The van der Waals surface area contributed by atoms with Crippen LogP contribution < -0.4 is 16.4 Å². The molecule has 0 bridgehead atoms. The lowest BCUT2D eigenvalue weighted by atomic mass is 10.1. The highest BCUT2D eigenvalue weighted by Crippen LogP contribution is 2.22. The SMILES string of the molecule is NC(=O)C[C@H](NC(=O)Cc1ccc(O)cc1O)C(=O)N1CCNCC1. The zero-order chi connectivity index (χ0) is 18.4. The van der Waals surface area contributed by atoms with Crippen LogP contribution in [0.3, 0.4) is 0 Å². The minimum Gasteiger partial charge on any atom is -0.508 e. The standard InChI is InChI=1S/C16H22N4O5/c17-14(23)9-12(16(25)20-5-3-18-4-6-20)19-15(24)7-10-1-2-11(21)8-13(10)22/h1-2,8,12,18,21-22H,3-7,9H2,(H2,17,23)(H,19,24)/t12-/m0/s1. The van der Waals surface area contributed by atoms with Crippen molar-refractivity contribution in [3.8, 4) is 11.5 Å². The molecule has 9 heteroatoms. The van der Waals surface area contributed by atoms with Crippen LogP contribution in [0.25, 0.3) is 0 Å². The number of aromatic hydroxyl groups is 2. The van der Waals surface area contributed by atoms with Crippen molar-refractivity contribution in [2.24, 2.45) is 5.73 Å². The number of carbonyl (C=O) groups is 3. The lowest BCUT2D eigenvalue weighted by Crippen LogP contribution is -2.55. The van der Waals surface area contributed by atoms with Gasteiger partial charge in [-0.25, -0.2) is 0 Å². The van der Waals surface area contributed by atoms with E-state index in [1.165, 1.54) is 12.1 Å². The van der Waals surface area contributed by atoms with Crippen molar-refractivity contribution < 1.29 is 24.6 Å². The minimum absolute atomic E-state index is 0.123. The van der Waals surface area contributed by atoms with Gasteiger partial charge in [0.25, 0.3) is 0 Å². The van der Waals surface area contributed by atoms with Crippen molar-refractivity contribution in [2.75, 3.05) is 26.2 Å². The number of primary amides is 1. The van der Waals surface area contributed by atoms with Crippen LogP contribution in [0.1, 0.15) is 12.0 Å². The fourth-order valence-electron chi connectivity index (χ4n) is 2.63. The number of benzene rings is 1. The molecule has 136 valence electrons. The predicted octanol–water partition coefficient (Wildman–Crippen LogP) is -1.57. The third-order valence-electron chi connectivity index (χ3n) is 3.89. The molecule has 2 rings (SSSR count). The summed E-state index contributed by atoms with van der Waals surface area (Å²) in [6.07, 6.45) is -0.494. The summed E-state index contributed by atoms with van der Waals surface area (Å²) in [5, 5.41) is 24.6. The van der Waals surface area contributed by atoms with Gasteiger partial charge in [-0.1, -0.05) is 6.07 Å². The number of nitrogens with one attached hydrogen (secondary N) is 2. The summed E-state index contributed by atoms with van der Waals surface area (Å²) in [7, 11) is 0. The number of carbonyl (C=O) groups excluding carboxylic acids is 3. The van der Waals surface area contributed by atoms with E-state index in [0.717, 1.165) is 6.07 Å². The minimum atomic E-state index is -1.04. The first-order chi connectivity index (χ1) is 11.9.